The molecule has 0 bridgehead atoms. The fourth-order valence-corrected chi connectivity index (χ4v) is 1.00. The van der Waals surface area contributed by atoms with Crippen LogP contribution in [-0.4, -0.2) is 18.0 Å². The molecule has 11 heavy (non-hydrogen) atoms. The molecule has 0 aromatic heterocycles. The molecule has 0 aliphatic heterocycles. The molecule has 0 radical (unpaired) electrons. The van der Waals surface area contributed by atoms with E-state index in [9.17, 15) is 0 Å². The first-order chi connectivity index (χ1) is 5.29. The first-order valence-corrected chi connectivity index (χ1v) is 4.15. The van der Waals surface area contributed by atoms with Gasteiger partial charge in [0.2, 0.25) is 0 Å². The van der Waals surface area contributed by atoms with Crippen molar-refractivity contribution in [2.24, 2.45) is 0 Å². The predicted octanol–water partition coefficient (Wildman–Crippen LogP) is 2.15. The highest BCUT2D eigenvalue weighted by Crippen LogP contribution is 2.02. The van der Waals surface area contributed by atoms with E-state index in [0.717, 1.165) is 25.2 Å². The van der Waals surface area contributed by atoms with Crippen molar-refractivity contribution in [3.05, 3.63) is 11.8 Å². The summed E-state index contributed by atoms with van der Waals surface area (Å²) in [5.74, 6) is 0. The molecular formula is C9H16N2. The van der Waals surface area contributed by atoms with Crippen molar-refractivity contribution in [2.45, 2.75) is 27.2 Å². The Hall–Kier alpha value is -0.970. The van der Waals surface area contributed by atoms with Crippen molar-refractivity contribution in [2.75, 3.05) is 13.1 Å². The van der Waals surface area contributed by atoms with Crippen LogP contribution in [0.4, 0.5) is 0 Å². The summed E-state index contributed by atoms with van der Waals surface area (Å²) in [6, 6.07) is 2.19. The lowest BCUT2D eigenvalue weighted by Gasteiger charge is -2.18. The summed E-state index contributed by atoms with van der Waals surface area (Å²) in [4.78, 5) is 2.06. The second kappa shape index (κ2) is 5.79. The lowest BCUT2D eigenvalue weighted by Crippen LogP contribution is -2.21. The zero-order valence-corrected chi connectivity index (χ0v) is 7.59. The third-order valence-electron chi connectivity index (χ3n) is 1.62. The van der Waals surface area contributed by atoms with Gasteiger partial charge in [-0.3, -0.25) is 0 Å². The summed E-state index contributed by atoms with van der Waals surface area (Å²) in [6.45, 7) is 7.99. The van der Waals surface area contributed by atoms with Crippen LogP contribution in [0.3, 0.4) is 0 Å². The summed E-state index contributed by atoms with van der Waals surface area (Å²) in [6.07, 6.45) is 2.90. The molecule has 0 heterocycles. The predicted molar refractivity (Wildman–Crippen MR) is 46.9 cm³/mol. The molecule has 0 amide bonds. The molecule has 0 unspecified atom stereocenters. The summed E-state index contributed by atoms with van der Waals surface area (Å²) < 4.78 is 0. The van der Waals surface area contributed by atoms with Gasteiger partial charge in [-0.2, -0.15) is 5.26 Å². The second-order valence-electron chi connectivity index (χ2n) is 2.28. The van der Waals surface area contributed by atoms with Crippen molar-refractivity contribution in [3.63, 3.8) is 0 Å². The summed E-state index contributed by atoms with van der Waals surface area (Å²) >= 11 is 0. The van der Waals surface area contributed by atoms with Crippen LogP contribution in [0, 0.1) is 11.3 Å². The summed E-state index contributed by atoms with van der Waals surface area (Å²) in [5, 5.41) is 8.73. The third kappa shape index (κ3) is 3.08. The van der Waals surface area contributed by atoms with Crippen molar-refractivity contribution in [1.82, 2.24) is 4.90 Å². The topological polar surface area (TPSA) is 27.0 Å². The van der Waals surface area contributed by atoms with Crippen molar-refractivity contribution >= 4 is 0 Å². The molecule has 0 saturated heterocycles. The minimum absolute atomic E-state index is 0.803. The maximum atomic E-state index is 8.73. The number of rotatable bonds is 4. The Kier molecular flexibility index (Phi) is 5.28. The van der Waals surface area contributed by atoms with Gasteiger partial charge in [-0.05, 0) is 20.3 Å². The molecule has 0 N–H and O–H groups in total. The van der Waals surface area contributed by atoms with Crippen LogP contribution in [0.5, 0.6) is 0 Å². The molecule has 0 fully saturated rings. The Balaban J connectivity index is 4.24. The quantitative estimate of drug-likeness (QED) is 0.577. The van der Waals surface area contributed by atoms with E-state index in [1.165, 1.54) is 0 Å². The highest BCUT2D eigenvalue weighted by molar-refractivity contribution is 5.18. The number of allylic oxidation sites excluding steroid dienone is 2. The Morgan fingerprint density at radius 3 is 2.18 bits per heavy atom. The molecule has 0 aliphatic carbocycles. The zero-order chi connectivity index (χ0) is 8.69. The molecule has 0 aliphatic rings. The first-order valence-electron chi connectivity index (χ1n) is 4.15. The third-order valence-corrected chi connectivity index (χ3v) is 1.62. The van der Waals surface area contributed by atoms with E-state index in [0.29, 0.717) is 0 Å². The largest absolute Gasteiger partial charge is 0.364 e. The average Bonchev–Trinajstić information content (AvgIpc) is 2.05. The number of hydrogen-bond donors (Lipinski definition) is 0. The Morgan fingerprint density at radius 1 is 1.36 bits per heavy atom. The van der Waals surface area contributed by atoms with Crippen LogP contribution in [0.15, 0.2) is 11.8 Å². The minimum Gasteiger partial charge on any atom is -0.364 e. The van der Waals surface area contributed by atoms with E-state index >= 15 is 0 Å². The van der Waals surface area contributed by atoms with Gasteiger partial charge < -0.3 is 4.90 Å². The van der Waals surface area contributed by atoms with E-state index in [-0.39, 0.29) is 0 Å². The van der Waals surface area contributed by atoms with Crippen LogP contribution in [0.1, 0.15) is 27.2 Å². The fraction of sp³-hybridized carbons (Fsp3) is 0.667. The molecule has 0 atom stereocenters. The van der Waals surface area contributed by atoms with Gasteiger partial charge in [-0.15, -0.1) is 0 Å². The normalized spacial score (nSPS) is 10.9. The summed E-state index contributed by atoms with van der Waals surface area (Å²) in [5.41, 5.74) is 0.803. The Morgan fingerprint density at radius 2 is 1.91 bits per heavy atom. The zero-order valence-electron chi connectivity index (χ0n) is 7.59. The molecule has 0 saturated carbocycles. The number of hydrogen-bond acceptors (Lipinski definition) is 2. The van der Waals surface area contributed by atoms with Crippen molar-refractivity contribution < 1.29 is 0 Å². The molecule has 0 aromatic carbocycles. The lowest BCUT2D eigenvalue weighted by atomic mass is 10.3. The van der Waals surface area contributed by atoms with E-state index in [1.54, 1.807) is 0 Å². The minimum atomic E-state index is 0.803. The van der Waals surface area contributed by atoms with Crippen molar-refractivity contribution in [3.8, 4) is 6.07 Å². The van der Waals surface area contributed by atoms with Crippen LogP contribution < -0.4 is 0 Å². The lowest BCUT2D eigenvalue weighted by molar-refractivity contribution is 0.395. The van der Waals surface area contributed by atoms with E-state index in [2.05, 4.69) is 24.8 Å². The monoisotopic (exact) mass is 152 g/mol. The second-order valence-corrected chi connectivity index (χ2v) is 2.28. The fourth-order valence-electron chi connectivity index (χ4n) is 1.00. The maximum absolute atomic E-state index is 8.73. The molecule has 2 nitrogen and oxygen atoms in total. The molecule has 0 spiro atoms. The maximum Gasteiger partial charge on any atom is 0.117 e. The standard InChI is InChI=1S/C9H16N2/c1-4-7-9(8-10)11(5-2)6-3/h7H,4-6H2,1-3H3/b9-7+. The first kappa shape index (κ1) is 10.0. The van der Waals surface area contributed by atoms with Crippen LogP contribution in [0.2, 0.25) is 0 Å². The molecule has 0 aromatic rings. The smallest absolute Gasteiger partial charge is 0.117 e. The van der Waals surface area contributed by atoms with Crippen LogP contribution in [0.25, 0.3) is 0 Å². The average molecular weight is 152 g/mol. The van der Waals surface area contributed by atoms with E-state index < -0.39 is 0 Å². The van der Waals surface area contributed by atoms with Crippen molar-refractivity contribution in [1.29, 1.82) is 5.26 Å². The van der Waals surface area contributed by atoms with Gasteiger partial charge in [0, 0.05) is 13.1 Å². The van der Waals surface area contributed by atoms with Crippen LogP contribution in [-0.2, 0) is 0 Å². The molecule has 2 heteroatoms. The number of nitriles is 1. The molecular weight excluding hydrogens is 136 g/mol. The highest BCUT2D eigenvalue weighted by atomic mass is 15.1. The SMILES string of the molecule is CC/C=C(\C#N)N(CC)CC. The van der Waals surface area contributed by atoms with Gasteiger partial charge in [0.1, 0.15) is 11.8 Å². The Bertz CT molecular complexity index is 161. The van der Waals surface area contributed by atoms with E-state index in [4.69, 9.17) is 5.26 Å². The Labute approximate surface area is 69.1 Å². The van der Waals surface area contributed by atoms with Crippen LogP contribution >= 0.6 is 0 Å². The van der Waals surface area contributed by atoms with Gasteiger partial charge in [0.15, 0.2) is 0 Å². The summed E-state index contributed by atoms with van der Waals surface area (Å²) in [7, 11) is 0. The van der Waals surface area contributed by atoms with Gasteiger partial charge in [-0.25, -0.2) is 0 Å². The van der Waals surface area contributed by atoms with E-state index in [1.807, 2.05) is 13.0 Å². The highest BCUT2D eigenvalue weighted by Gasteiger charge is 2.01. The van der Waals surface area contributed by atoms with Gasteiger partial charge in [0.25, 0.3) is 0 Å². The molecule has 62 valence electrons. The number of nitrogens with zero attached hydrogens (tertiary/aromatic N) is 2. The van der Waals surface area contributed by atoms with Gasteiger partial charge in [-0.1, -0.05) is 13.0 Å². The van der Waals surface area contributed by atoms with Gasteiger partial charge >= 0.3 is 0 Å². The molecule has 0 rings (SSSR count). The van der Waals surface area contributed by atoms with Gasteiger partial charge in [0.05, 0.1) is 0 Å².